The molecule has 1 fully saturated rings. The van der Waals surface area contributed by atoms with Crippen LogP contribution in [0.25, 0.3) is 5.57 Å². The minimum atomic E-state index is -0.755. The van der Waals surface area contributed by atoms with E-state index in [1.165, 1.54) is 16.0 Å². The molecule has 2 aliphatic rings. The van der Waals surface area contributed by atoms with Gasteiger partial charge >= 0.3 is 0 Å². The predicted molar refractivity (Wildman–Crippen MR) is 136 cm³/mol. The molecule has 1 aromatic heterocycles. The maximum Gasteiger partial charge on any atom is 0.127 e. The Morgan fingerprint density at radius 1 is 1.12 bits per heavy atom. The number of thiophene rings is 1. The molecule has 2 aromatic carbocycles. The molecular formula is C26H25BrClNO2S. The average Bonchev–Trinajstić information content (AvgIpc) is 3.21. The van der Waals surface area contributed by atoms with Crippen molar-refractivity contribution in [3.8, 4) is 5.75 Å². The van der Waals surface area contributed by atoms with Crippen molar-refractivity contribution in [2.75, 3.05) is 19.6 Å². The lowest BCUT2D eigenvalue weighted by atomic mass is 9.84. The summed E-state index contributed by atoms with van der Waals surface area (Å²) < 4.78 is 7.14. The van der Waals surface area contributed by atoms with Gasteiger partial charge in [-0.1, -0.05) is 45.7 Å². The third-order valence-corrected chi connectivity index (χ3v) is 8.20. The van der Waals surface area contributed by atoms with Gasteiger partial charge in [0.1, 0.15) is 12.4 Å². The van der Waals surface area contributed by atoms with Crippen LogP contribution in [0.4, 0.5) is 0 Å². The van der Waals surface area contributed by atoms with Gasteiger partial charge in [-0.05, 0) is 72.2 Å². The minimum Gasteiger partial charge on any atom is -0.488 e. The van der Waals surface area contributed by atoms with Gasteiger partial charge in [-0.25, -0.2) is 0 Å². The molecule has 0 spiro atoms. The van der Waals surface area contributed by atoms with Crippen LogP contribution >= 0.6 is 38.9 Å². The molecule has 2 aliphatic heterocycles. The molecule has 32 heavy (non-hydrogen) atoms. The maximum atomic E-state index is 11.1. The van der Waals surface area contributed by atoms with Crippen molar-refractivity contribution in [3.05, 3.63) is 91.0 Å². The summed E-state index contributed by atoms with van der Waals surface area (Å²) in [5, 5.41) is 14.0. The third kappa shape index (κ3) is 4.55. The Morgan fingerprint density at radius 2 is 1.91 bits per heavy atom. The van der Waals surface area contributed by atoms with E-state index in [1.54, 1.807) is 11.3 Å². The molecule has 3 heterocycles. The summed E-state index contributed by atoms with van der Waals surface area (Å²) in [7, 11) is 0. The van der Waals surface area contributed by atoms with E-state index in [4.69, 9.17) is 16.3 Å². The second kappa shape index (κ2) is 9.32. The van der Waals surface area contributed by atoms with E-state index < -0.39 is 5.60 Å². The molecule has 0 unspecified atom stereocenters. The molecule has 0 atom stereocenters. The lowest BCUT2D eigenvalue weighted by Gasteiger charge is -2.38. The van der Waals surface area contributed by atoms with Crippen molar-refractivity contribution in [3.63, 3.8) is 0 Å². The first-order valence-electron chi connectivity index (χ1n) is 10.9. The van der Waals surface area contributed by atoms with Crippen LogP contribution in [-0.2, 0) is 12.2 Å². The molecule has 0 radical (unpaired) electrons. The molecule has 0 aliphatic carbocycles. The number of hydrogen-bond donors (Lipinski definition) is 1. The van der Waals surface area contributed by atoms with E-state index in [0.717, 1.165) is 60.2 Å². The normalized spacial score (nSPS) is 19.2. The van der Waals surface area contributed by atoms with E-state index in [9.17, 15) is 5.11 Å². The van der Waals surface area contributed by atoms with Gasteiger partial charge in [0.25, 0.3) is 0 Å². The monoisotopic (exact) mass is 529 g/mol. The number of ether oxygens (including phenoxy) is 1. The molecule has 5 rings (SSSR count). The first-order valence-corrected chi connectivity index (χ1v) is 13.0. The van der Waals surface area contributed by atoms with Gasteiger partial charge in [0.2, 0.25) is 0 Å². The van der Waals surface area contributed by atoms with Crippen molar-refractivity contribution in [2.24, 2.45) is 0 Å². The number of rotatable bonds is 4. The Bertz CT molecular complexity index is 1130. The van der Waals surface area contributed by atoms with Crippen molar-refractivity contribution >= 4 is 44.4 Å². The van der Waals surface area contributed by atoms with Crippen molar-refractivity contribution in [2.45, 2.75) is 31.5 Å². The summed E-state index contributed by atoms with van der Waals surface area (Å²) in [6.07, 6.45) is 4.79. The Hall–Kier alpha value is -1.63. The number of benzene rings is 2. The number of aliphatic hydroxyl groups is 1. The average molecular weight is 531 g/mol. The zero-order chi connectivity index (χ0) is 22.1. The fourth-order valence-corrected chi connectivity index (χ4v) is 6.05. The van der Waals surface area contributed by atoms with Gasteiger partial charge < -0.3 is 14.7 Å². The summed E-state index contributed by atoms with van der Waals surface area (Å²) >= 11 is 11.4. The quantitative estimate of drug-likeness (QED) is 0.400. The maximum absolute atomic E-state index is 11.1. The van der Waals surface area contributed by atoms with Gasteiger partial charge in [0.15, 0.2) is 0 Å². The SMILES string of the molecule is OC1(c2ccc(Cl)cc2)CCN(CCC=C2c3cc(Br)ccc3OCc3ccsc32)CC1. The smallest absolute Gasteiger partial charge is 0.127 e. The Morgan fingerprint density at radius 3 is 2.69 bits per heavy atom. The molecule has 6 heteroatoms. The Balaban J connectivity index is 1.28. The summed E-state index contributed by atoms with van der Waals surface area (Å²) in [5.74, 6) is 0.939. The van der Waals surface area contributed by atoms with Gasteiger partial charge in [-0.3, -0.25) is 0 Å². The first-order chi connectivity index (χ1) is 15.5. The van der Waals surface area contributed by atoms with Crippen molar-refractivity contribution < 1.29 is 9.84 Å². The minimum absolute atomic E-state index is 0.611. The standard InChI is InChI=1S/C26H25BrClNO2S/c27-20-5-8-24-23(16-20)22(25-18(17-31-24)9-15-32-25)2-1-12-29-13-10-26(30,11-14-29)19-3-6-21(28)7-4-19/h2-9,15-16,30H,1,10-14,17H2. The van der Waals surface area contributed by atoms with Crippen molar-refractivity contribution in [1.29, 1.82) is 0 Å². The van der Waals surface area contributed by atoms with Crippen LogP contribution in [0, 0.1) is 0 Å². The molecule has 3 aromatic rings. The number of halogens is 2. The van der Waals surface area contributed by atoms with Crippen LogP contribution in [-0.4, -0.2) is 29.6 Å². The largest absolute Gasteiger partial charge is 0.488 e. The first kappa shape index (κ1) is 22.2. The Labute approximate surface area is 206 Å². The molecule has 0 bridgehead atoms. The number of piperidine rings is 1. The van der Waals surface area contributed by atoms with Gasteiger partial charge in [0, 0.05) is 45.1 Å². The number of nitrogens with zero attached hydrogens (tertiary/aromatic N) is 1. The van der Waals surface area contributed by atoms with Crippen LogP contribution < -0.4 is 4.74 Å². The summed E-state index contributed by atoms with van der Waals surface area (Å²) in [5.41, 5.74) is 3.87. The molecule has 3 nitrogen and oxygen atoms in total. The highest BCUT2D eigenvalue weighted by molar-refractivity contribution is 9.10. The van der Waals surface area contributed by atoms with E-state index in [1.807, 2.05) is 36.4 Å². The molecular weight excluding hydrogens is 506 g/mol. The van der Waals surface area contributed by atoms with E-state index in [2.05, 4.69) is 44.4 Å². The summed E-state index contributed by atoms with van der Waals surface area (Å²) in [6, 6.07) is 16.0. The highest BCUT2D eigenvalue weighted by Crippen LogP contribution is 2.41. The van der Waals surface area contributed by atoms with Crippen LogP contribution in [0.2, 0.25) is 5.02 Å². The molecule has 1 N–H and O–H groups in total. The van der Waals surface area contributed by atoms with Gasteiger partial charge in [0.05, 0.1) is 5.60 Å². The highest BCUT2D eigenvalue weighted by atomic mass is 79.9. The number of fused-ring (bicyclic) bond motifs is 2. The Kier molecular flexibility index (Phi) is 6.46. The number of likely N-dealkylation sites (tertiary alicyclic amines) is 1. The summed E-state index contributed by atoms with van der Waals surface area (Å²) in [6.45, 7) is 3.36. The van der Waals surface area contributed by atoms with Crippen LogP contribution in [0.1, 0.15) is 40.8 Å². The van der Waals surface area contributed by atoms with E-state index in [0.29, 0.717) is 11.6 Å². The highest BCUT2D eigenvalue weighted by Gasteiger charge is 2.33. The predicted octanol–water partition coefficient (Wildman–Crippen LogP) is 6.86. The second-order valence-electron chi connectivity index (χ2n) is 8.49. The lowest BCUT2D eigenvalue weighted by molar-refractivity contribution is -0.0254. The van der Waals surface area contributed by atoms with Crippen LogP contribution in [0.15, 0.2) is 64.5 Å². The fraction of sp³-hybridized carbons (Fsp3) is 0.308. The fourth-order valence-electron chi connectivity index (χ4n) is 4.59. The molecule has 0 saturated carbocycles. The van der Waals surface area contributed by atoms with Gasteiger partial charge in [-0.15, -0.1) is 11.3 Å². The zero-order valence-electron chi connectivity index (χ0n) is 17.7. The second-order valence-corrected chi connectivity index (χ2v) is 10.8. The van der Waals surface area contributed by atoms with Crippen LogP contribution in [0.5, 0.6) is 5.75 Å². The lowest BCUT2D eigenvalue weighted by Crippen LogP contribution is -2.42. The molecule has 1 saturated heterocycles. The van der Waals surface area contributed by atoms with E-state index >= 15 is 0 Å². The van der Waals surface area contributed by atoms with Crippen LogP contribution in [0.3, 0.4) is 0 Å². The zero-order valence-corrected chi connectivity index (χ0v) is 20.8. The van der Waals surface area contributed by atoms with Crippen molar-refractivity contribution in [1.82, 2.24) is 4.90 Å². The topological polar surface area (TPSA) is 32.7 Å². The van der Waals surface area contributed by atoms with E-state index in [-0.39, 0.29) is 0 Å². The third-order valence-electron chi connectivity index (χ3n) is 6.46. The van der Waals surface area contributed by atoms with Gasteiger partial charge in [-0.2, -0.15) is 0 Å². The summed E-state index contributed by atoms with van der Waals surface area (Å²) in [4.78, 5) is 3.75. The number of hydrogen-bond acceptors (Lipinski definition) is 4. The molecule has 0 amide bonds. The molecule has 166 valence electrons.